The molecule has 0 unspecified atom stereocenters. The van der Waals surface area contributed by atoms with Gasteiger partial charge >= 0.3 is 0 Å². The van der Waals surface area contributed by atoms with Crippen molar-refractivity contribution in [1.29, 1.82) is 0 Å². The monoisotopic (exact) mass is 427 g/mol. The summed E-state index contributed by atoms with van der Waals surface area (Å²) in [6.45, 7) is -0.192. The zero-order valence-electron chi connectivity index (χ0n) is 16.4. The van der Waals surface area contributed by atoms with Gasteiger partial charge < -0.3 is 5.32 Å². The first-order valence-electron chi connectivity index (χ1n) is 9.70. The lowest BCUT2D eigenvalue weighted by molar-refractivity contribution is -0.117. The van der Waals surface area contributed by atoms with E-state index >= 15 is 0 Å². The Morgan fingerprint density at radius 2 is 1.71 bits per heavy atom. The highest BCUT2D eigenvalue weighted by Gasteiger charge is 2.14. The first kappa shape index (κ1) is 19.1. The topological polar surface area (TPSA) is 89.8 Å². The van der Waals surface area contributed by atoms with Gasteiger partial charge in [-0.05, 0) is 35.9 Å². The van der Waals surface area contributed by atoms with E-state index < -0.39 is 0 Å². The van der Waals surface area contributed by atoms with E-state index in [1.807, 2.05) is 54.6 Å². The highest BCUT2D eigenvalue weighted by molar-refractivity contribution is 7.22. The second kappa shape index (κ2) is 8.08. The third-order valence-corrected chi connectivity index (χ3v) is 5.85. The van der Waals surface area contributed by atoms with E-state index in [-0.39, 0.29) is 18.0 Å². The summed E-state index contributed by atoms with van der Waals surface area (Å²) >= 11 is 1.39. The Bertz CT molecular complexity index is 1430. The van der Waals surface area contributed by atoms with Gasteiger partial charge in [-0.2, -0.15) is 5.10 Å². The first-order valence-corrected chi connectivity index (χ1v) is 10.5. The minimum absolute atomic E-state index is 0.192. The molecule has 1 amide bonds. The van der Waals surface area contributed by atoms with Gasteiger partial charge in [0.25, 0.3) is 5.56 Å². The lowest BCUT2D eigenvalue weighted by Gasteiger charge is -2.11. The Labute approximate surface area is 181 Å². The predicted octanol–water partition coefficient (Wildman–Crippen LogP) is 3.63. The summed E-state index contributed by atoms with van der Waals surface area (Å²) in [5, 5.41) is 9.13. The molecule has 7 nitrogen and oxygen atoms in total. The number of anilines is 1. The molecular formula is C23H17N5O2S. The van der Waals surface area contributed by atoms with Crippen LogP contribution < -0.4 is 10.9 Å². The number of aromatic nitrogens is 4. The van der Waals surface area contributed by atoms with Crippen LogP contribution in [0.25, 0.3) is 21.0 Å². The molecule has 5 rings (SSSR count). The van der Waals surface area contributed by atoms with Crippen LogP contribution in [0.5, 0.6) is 0 Å². The summed E-state index contributed by atoms with van der Waals surface area (Å²) < 4.78 is 2.21. The van der Waals surface area contributed by atoms with Crippen LogP contribution >= 0.6 is 11.3 Å². The molecule has 152 valence electrons. The van der Waals surface area contributed by atoms with Crippen LogP contribution in [0.3, 0.4) is 0 Å². The number of hydrogen-bond acceptors (Lipinski definition) is 6. The van der Waals surface area contributed by atoms with Crippen molar-refractivity contribution in [1.82, 2.24) is 19.7 Å². The van der Waals surface area contributed by atoms with E-state index in [9.17, 15) is 9.59 Å². The van der Waals surface area contributed by atoms with Gasteiger partial charge in [0, 0.05) is 24.2 Å². The quantitative estimate of drug-likeness (QED) is 0.463. The lowest BCUT2D eigenvalue weighted by Crippen LogP contribution is -2.30. The number of hydrogen-bond donors (Lipinski definition) is 1. The molecule has 0 aliphatic rings. The molecule has 3 aromatic heterocycles. The largest absolute Gasteiger partial charge is 0.300 e. The Kier molecular flexibility index (Phi) is 4.97. The Balaban J connectivity index is 1.46. The van der Waals surface area contributed by atoms with Crippen molar-refractivity contribution >= 4 is 43.4 Å². The van der Waals surface area contributed by atoms with E-state index in [0.717, 1.165) is 26.9 Å². The molecule has 31 heavy (non-hydrogen) atoms. The maximum atomic E-state index is 13.0. The molecule has 3 heterocycles. The number of carbonyl (C=O) groups is 1. The van der Waals surface area contributed by atoms with Gasteiger partial charge in [-0.15, -0.1) is 0 Å². The number of rotatable bonds is 5. The van der Waals surface area contributed by atoms with Crippen LogP contribution in [0.1, 0.15) is 11.3 Å². The zero-order chi connectivity index (χ0) is 21.2. The first-order chi connectivity index (χ1) is 15.2. The molecular weight excluding hydrogens is 410 g/mol. The van der Waals surface area contributed by atoms with Crippen molar-refractivity contribution < 1.29 is 4.79 Å². The van der Waals surface area contributed by atoms with Crippen LogP contribution in [0.15, 0.2) is 77.9 Å². The summed E-state index contributed by atoms with van der Waals surface area (Å²) in [7, 11) is 0. The van der Waals surface area contributed by atoms with Crippen molar-refractivity contribution in [3.63, 3.8) is 0 Å². The molecule has 0 saturated heterocycles. The van der Waals surface area contributed by atoms with Crippen LogP contribution in [-0.2, 0) is 17.8 Å². The lowest BCUT2D eigenvalue weighted by atomic mass is 10.1. The normalized spacial score (nSPS) is 11.1. The second-order valence-electron chi connectivity index (χ2n) is 7.02. The van der Waals surface area contributed by atoms with Crippen LogP contribution in [-0.4, -0.2) is 25.7 Å². The Morgan fingerprint density at radius 1 is 0.968 bits per heavy atom. The molecule has 0 fully saturated rings. The minimum atomic E-state index is -0.348. The van der Waals surface area contributed by atoms with E-state index in [2.05, 4.69) is 20.4 Å². The van der Waals surface area contributed by atoms with Gasteiger partial charge in [0.2, 0.25) is 5.91 Å². The molecule has 0 radical (unpaired) electrons. The molecule has 0 saturated carbocycles. The number of pyridine rings is 1. The molecule has 2 aromatic carbocycles. The number of fused-ring (bicyclic) bond motifs is 2. The van der Waals surface area contributed by atoms with E-state index in [4.69, 9.17) is 0 Å². The molecule has 0 aliphatic heterocycles. The highest BCUT2D eigenvalue weighted by atomic mass is 32.1. The number of thiazole rings is 1. The van der Waals surface area contributed by atoms with Gasteiger partial charge in [-0.25, -0.2) is 9.67 Å². The number of benzene rings is 2. The van der Waals surface area contributed by atoms with Crippen LogP contribution in [0.2, 0.25) is 0 Å². The van der Waals surface area contributed by atoms with Gasteiger partial charge in [0.1, 0.15) is 6.54 Å². The molecule has 0 atom stereocenters. The van der Waals surface area contributed by atoms with Gasteiger partial charge in [-0.3, -0.25) is 14.6 Å². The highest BCUT2D eigenvalue weighted by Crippen LogP contribution is 2.25. The maximum Gasteiger partial charge on any atom is 0.275 e. The minimum Gasteiger partial charge on any atom is -0.300 e. The molecule has 0 spiro atoms. The van der Waals surface area contributed by atoms with Gasteiger partial charge in [-0.1, -0.05) is 41.7 Å². The number of carbonyl (C=O) groups excluding carboxylic acids is 1. The molecule has 5 aromatic rings. The average molecular weight is 427 g/mol. The third-order valence-electron chi connectivity index (χ3n) is 4.90. The number of nitrogens with one attached hydrogen (secondary N) is 1. The number of para-hydroxylation sites is 1. The molecule has 8 heteroatoms. The maximum absolute atomic E-state index is 13.0. The molecule has 0 bridgehead atoms. The summed E-state index contributed by atoms with van der Waals surface area (Å²) in [6.07, 6.45) is 3.97. The van der Waals surface area contributed by atoms with Crippen molar-refractivity contribution in [2.24, 2.45) is 0 Å². The number of amides is 1. The van der Waals surface area contributed by atoms with Crippen molar-refractivity contribution in [3.8, 4) is 0 Å². The summed E-state index contributed by atoms with van der Waals surface area (Å²) in [6, 6.07) is 18.8. The smallest absolute Gasteiger partial charge is 0.275 e. The fourth-order valence-corrected chi connectivity index (χ4v) is 4.34. The predicted molar refractivity (Wildman–Crippen MR) is 121 cm³/mol. The van der Waals surface area contributed by atoms with Crippen molar-refractivity contribution in [2.75, 3.05) is 5.32 Å². The van der Waals surface area contributed by atoms with Crippen LogP contribution in [0, 0.1) is 0 Å². The average Bonchev–Trinajstić information content (AvgIpc) is 3.20. The molecule has 1 N–H and O–H groups in total. The Morgan fingerprint density at radius 3 is 2.52 bits per heavy atom. The fraction of sp³-hybridized carbons (Fsp3) is 0.0870. The van der Waals surface area contributed by atoms with Gasteiger partial charge in [0.05, 0.1) is 21.3 Å². The summed E-state index contributed by atoms with van der Waals surface area (Å²) in [5.41, 5.74) is 2.28. The van der Waals surface area contributed by atoms with Crippen LogP contribution in [0.4, 0.5) is 5.13 Å². The SMILES string of the molecule is O=C(Cn1nc(Cc2ccncc2)c2ccccc2c1=O)Nc1nc2ccccc2s1. The molecule has 0 aliphatic carbocycles. The zero-order valence-corrected chi connectivity index (χ0v) is 17.2. The van der Waals surface area contributed by atoms with Gasteiger partial charge in [0.15, 0.2) is 5.13 Å². The Hall–Kier alpha value is -3.91. The van der Waals surface area contributed by atoms with E-state index in [1.165, 1.54) is 16.0 Å². The summed E-state index contributed by atoms with van der Waals surface area (Å²) in [4.78, 5) is 34.1. The van der Waals surface area contributed by atoms with E-state index in [0.29, 0.717) is 16.9 Å². The standard InChI is InChI=1S/C23H17N5O2S/c29-21(26-23-25-18-7-3-4-8-20(18)31-23)14-28-22(30)17-6-2-1-5-16(17)19(27-28)13-15-9-11-24-12-10-15/h1-12H,13-14H2,(H,25,26,29). The number of nitrogens with zero attached hydrogens (tertiary/aromatic N) is 4. The fourth-order valence-electron chi connectivity index (χ4n) is 3.46. The van der Waals surface area contributed by atoms with Crippen molar-refractivity contribution in [2.45, 2.75) is 13.0 Å². The summed E-state index contributed by atoms with van der Waals surface area (Å²) in [5.74, 6) is -0.348. The third kappa shape index (κ3) is 3.93. The van der Waals surface area contributed by atoms with E-state index in [1.54, 1.807) is 18.5 Å². The van der Waals surface area contributed by atoms with Crippen molar-refractivity contribution in [3.05, 3.63) is 94.7 Å². The second-order valence-corrected chi connectivity index (χ2v) is 8.05.